The molecule has 2 fully saturated rings. The Morgan fingerprint density at radius 1 is 1.07 bits per heavy atom. The first kappa shape index (κ1) is 32.1. The number of likely N-dealkylation sites (tertiary alicyclic amines) is 2. The van der Waals surface area contributed by atoms with Crippen molar-refractivity contribution in [2.24, 2.45) is 11.8 Å². The van der Waals surface area contributed by atoms with E-state index in [2.05, 4.69) is 10.3 Å². The molecular weight excluding hydrogens is 528 g/mol. The van der Waals surface area contributed by atoms with Crippen molar-refractivity contribution < 1.29 is 33.4 Å². The molecule has 11 nitrogen and oxygen atoms in total. The SMILES string of the molecule is CCOc1cncc([C@H](CC(=O)OC)NC(=O)[C@@H]2CCCN(C(=O)CCC3CCN(C(=O)OC(C)(C)C)CC3)C2)c1. The maximum atomic E-state index is 13.3. The molecule has 0 aliphatic carbocycles. The predicted octanol–water partition coefficient (Wildman–Crippen LogP) is 3.87. The van der Waals surface area contributed by atoms with E-state index in [0.717, 1.165) is 25.7 Å². The van der Waals surface area contributed by atoms with Gasteiger partial charge in [0, 0.05) is 38.8 Å². The highest BCUT2D eigenvalue weighted by molar-refractivity contribution is 5.82. The number of methoxy groups -OCH3 is 1. The van der Waals surface area contributed by atoms with Crippen LogP contribution < -0.4 is 10.1 Å². The second-order valence-corrected chi connectivity index (χ2v) is 11.9. The van der Waals surface area contributed by atoms with Gasteiger partial charge in [-0.25, -0.2) is 4.79 Å². The standard InChI is InChI=1S/C30H46N4O7/c1-6-40-24-16-23(18-31-19-24)25(17-27(36)39-5)32-28(37)22-8-7-13-34(20-22)26(35)10-9-21-11-14-33(15-12-21)29(38)41-30(2,3)4/h16,18-19,21-22,25H,6-15,17,20H2,1-5H3,(H,32,37)/t22-,25+/m1/s1. The van der Waals surface area contributed by atoms with Crippen molar-refractivity contribution in [3.8, 4) is 5.75 Å². The van der Waals surface area contributed by atoms with Gasteiger partial charge < -0.3 is 29.3 Å². The van der Waals surface area contributed by atoms with Crippen LogP contribution in [0.25, 0.3) is 0 Å². The van der Waals surface area contributed by atoms with Gasteiger partial charge in [0.05, 0.1) is 38.3 Å². The first-order valence-corrected chi connectivity index (χ1v) is 14.7. The van der Waals surface area contributed by atoms with Crippen LogP contribution in [0.3, 0.4) is 0 Å². The molecule has 0 unspecified atom stereocenters. The molecule has 0 saturated carbocycles. The van der Waals surface area contributed by atoms with Crippen molar-refractivity contribution in [3.05, 3.63) is 24.0 Å². The lowest BCUT2D eigenvalue weighted by Gasteiger charge is -2.35. The molecule has 2 saturated heterocycles. The van der Waals surface area contributed by atoms with Crippen molar-refractivity contribution in [2.45, 2.75) is 84.3 Å². The molecule has 1 aromatic heterocycles. The molecule has 0 radical (unpaired) electrons. The lowest BCUT2D eigenvalue weighted by Crippen LogP contribution is -2.46. The van der Waals surface area contributed by atoms with E-state index in [-0.39, 0.29) is 30.2 Å². The van der Waals surface area contributed by atoms with Crippen LogP contribution in [0.5, 0.6) is 5.75 Å². The molecule has 0 spiro atoms. The van der Waals surface area contributed by atoms with E-state index >= 15 is 0 Å². The van der Waals surface area contributed by atoms with Gasteiger partial charge in [-0.1, -0.05) is 0 Å². The van der Waals surface area contributed by atoms with Gasteiger partial charge in [0.25, 0.3) is 0 Å². The van der Waals surface area contributed by atoms with Crippen molar-refractivity contribution in [2.75, 3.05) is 39.9 Å². The van der Waals surface area contributed by atoms with Gasteiger partial charge in [-0.15, -0.1) is 0 Å². The fourth-order valence-electron chi connectivity index (χ4n) is 5.30. The van der Waals surface area contributed by atoms with Crippen molar-refractivity contribution >= 4 is 23.9 Å². The highest BCUT2D eigenvalue weighted by Crippen LogP contribution is 2.26. The summed E-state index contributed by atoms with van der Waals surface area (Å²) in [5.74, 6) is -0.0345. The minimum Gasteiger partial charge on any atom is -0.492 e. The molecule has 2 aliphatic rings. The number of nitrogens with zero attached hydrogens (tertiary/aromatic N) is 3. The molecule has 1 N–H and O–H groups in total. The third-order valence-electron chi connectivity index (χ3n) is 7.54. The minimum atomic E-state index is -0.625. The zero-order valence-corrected chi connectivity index (χ0v) is 25.1. The summed E-state index contributed by atoms with van der Waals surface area (Å²) in [5, 5.41) is 2.99. The van der Waals surface area contributed by atoms with Crippen LogP contribution in [0.4, 0.5) is 4.79 Å². The van der Waals surface area contributed by atoms with Crippen LogP contribution in [0.15, 0.2) is 18.5 Å². The van der Waals surface area contributed by atoms with Gasteiger partial charge in [-0.2, -0.15) is 0 Å². The number of hydrogen-bond donors (Lipinski definition) is 1. The number of amides is 3. The first-order chi connectivity index (χ1) is 19.5. The summed E-state index contributed by atoms with van der Waals surface area (Å²) in [5.41, 5.74) is 0.133. The third kappa shape index (κ3) is 10.2. The highest BCUT2D eigenvalue weighted by Gasteiger charge is 2.32. The van der Waals surface area contributed by atoms with Gasteiger partial charge in [-0.05, 0) is 77.3 Å². The Balaban J connectivity index is 1.51. The molecule has 11 heteroatoms. The average Bonchev–Trinajstić information content (AvgIpc) is 2.95. The van der Waals surface area contributed by atoms with Crippen LogP contribution in [-0.2, 0) is 23.9 Å². The molecule has 1 aromatic rings. The van der Waals surface area contributed by atoms with E-state index in [1.807, 2.05) is 27.7 Å². The van der Waals surface area contributed by atoms with E-state index in [9.17, 15) is 19.2 Å². The lowest BCUT2D eigenvalue weighted by molar-refractivity contribution is -0.141. The van der Waals surface area contributed by atoms with Gasteiger partial charge in [0.15, 0.2) is 0 Å². The summed E-state index contributed by atoms with van der Waals surface area (Å²) >= 11 is 0. The molecule has 0 aromatic carbocycles. The van der Waals surface area contributed by atoms with Crippen molar-refractivity contribution in [3.63, 3.8) is 0 Å². The van der Waals surface area contributed by atoms with E-state index in [4.69, 9.17) is 14.2 Å². The quantitative estimate of drug-likeness (QED) is 0.417. The Bertz CT molecular complexity index is 1050. The summed E-state index contributed by atoms with van der Waals surface area (Å²) in [4.78, 5) is 58.6. The second kappa shape index (κ2) is 15.0. The fourth-order valence-corrected chi connectivity index (χ4v) is 5.30. The molecule has 228 valence electrons. The Kier molecular flexibility index (Phi) is 11.8. The average molecular weight is 575 g/mol. The summed E-state index contributed by atoms with van der Waals surface area (Å²) in [7, 11) is 1.31. The largest absolute Gasteiger partial charge is 0.492 e. The smallest absolute Gasteiger partial charge is 0.410 e. The number of ether oxygens (including phenoxy) is 3. The maximum absolute atomic E-state index is 13.3. The van der Waals surface area contributed by atoms with E-state index in [0.29, 0.717) is 62.9 Å². The number of piperidine rings is 2. The number of carbonyl (C=O) groups excluding carboxylic acids is 4. The van der Waals surface area contributed by atoms with Crippen LogP contribution in [-0.4, -0.2) is 84.2 Å². The normalized spacial score (nSPS) is 18.8. The number of carbonyl (C=O) groups is 4. The minimum absolute atomic E-state index is 0.0401. The lowest BCUT2D eigenvalue weighted by atomic mass is 9.91. The maximum Gasteiger partial charge on any atom is 0.410 e. The van der Waals surface area contributed by atoms with Crippen LogP contribution in [0.2, 0.25) is 0 Å². The number of aromatic nitrogens is 1. The molecule has 3 amide bonds. The number of nitrogens with one attached hydrogen (secondary N) is 1. The van der Waals surface area contributed by atoms with Crippen molar-refractivity contribution in [1.82, 2.24) is 20.1 Å². The Morgan fingerprint density at radius 3 is 2.46 bits per heavy atom. The molecule has 2 aliphatic heterocycles. The fraction of sp³-hybridized carbons (Fsp3) is 0.700. The van der Waals surface area contributed by atoms with E-state index in [1.54, 1.807) is 28.3 Å². The van der Waals surface area contributed by atoms with Crippen LogP contribution in [0.1, 0.15) is 84.2 Å². The zero-order valence-electron chi connectivity index (χ0n) is 25.1. The zero-order chi connectivity index (χ0) is 30.0. The molecule has 3 heterocycles. The van der Waals surface area contributed by atoms with Gasteiger partial charge in [-0.3, -0.25) is 19.4 Å². The number of hydrogen-bond acceptors (Lipinski definition) is 8. The molecule has 0 bridgehead atoms. The Hall–Kier alpha value is -3.37. The highest BCUT2D eigenvalue weighted by atomic mass is 16.6. The molecule has 2 atom stereocenters. The number of esters is 1. The van der Waals surface area contributed by atoms with E-state index in [1.165, 1.54) is 7.11 Å². The van der Waals surface area contributed by atoms with Crippen LogP contribution >= 0.6 is 0 Å². The van der Waals surface area contributed by atoms with Gasteiger partial charge in [0.1, 0.15) is 11.4 Å². The summed E-state index contributed by atoms with van der Waals surface area (Å²) in [6.45, 7) is 10.2. The summed E-state index contributed by atoms with van der Waals surface area (Å²) < 4.78 is 15.8. The second-order valence-electron chi connectivity index (χ2n) is 11.9. The Morgan fingerprint density at radius 2 is 1.80 bits per heavy atom. The van der Waals surface area contributed by atoms with Crippen LogP contribution in [0, 0.1) is 11.8 Å². The summed E-state index contributed by atoms with van der Waals surface area (Å²) in [6, 6.07) is 1.14. The van der Waals surface area contributed by atoms with E-state index < -0.39 is 17.6 Å². The molecular formula is C30H46N4O7. The van der Waals surface area contributed by atoms with Crippen molar-refractivity contribution in [1.29, 1.82) is 0 Å². The predicted molar refractivity (Wildman–Crippen MR) is 152 cm³/mol. The molecule has 41 heavy (non-hydrogen) atoms. The number of rotatable bonds is 10. The third-order valence-corrected chi connectivity index (χ3v) is 7.54. The topological polar surface area (TPSA) is 127 Å². The summed E-state index contributed by atoms with van der Waals surface area (Å²) in [6.07, 6.45) is 7.15. The first-order valence-electron chi connectivity index (χ1n) is 14.7. The Labute approximate surface area is 243 Å². The van der Waals surface area contributed by atoms with Gasteiger partial charge in [0.2, 0.25) is 11.8 Å². The molecule has 3 rings (SSSR count). The monoisotopic (exact) mass is 574 g/mol. The van der Waals surface area contributed by atoms with Gasteiger partial charge >= 0.3 is 12.1 Å². The number of pyridine rings is 1.